The van der Waals surface area contributed by atoms with Crippen LogP contribution in [0.25, 0.3) is 0 Å². The van der Waals surface area contributed by atoms with Crippen molar-refractivity contribution >= 4 is 21.5 Å². The van der Waals surface area contributed by atoms with Gasteiger partial charge < -0.3 is 5.73 Å². The second-order valence-corrected chi connectivity index (χ2v) is 5.82. The third-order valence-corrected chi connectivity index (χ3v) is 4.26. The molecule has 102 valence electrons. The van der Waals surface area contributed by atoms with Gasteiger partial charge in [-0.25, -0.2) is 8.42 Å². The van der Waals surface area contributed by atoms with Crippen LogP contribution in [0, 0.1) is 0 Å². The normalized spacial score (nSPS) is 11.5. The van der Waals surface area contributed by atoms with E-state index in [2.05, 4.69) is 9.82 Å². The largest absolute Gasteiger partial charge is 0.399 e. The highest BCUT2D eigenvalue weighted by Crippen LogP contribution is 2.22. The van der Waals surface area contributed by atoms with Gasteiger partial charge in [0.2, 0.25) is 0 Å². The maximum atomic E-state index is 12.4. The molecule has 0 amide bonds. The summed E-state index contributed by atoms with van der Waals surface area (Å²) in [6, 6.07) is 6.49. The Morgan fingerprint density at radius 2 is 2.11 bits per heavy atom. The number of nitrogen functional groups attached to an aromatic ring is 1. The van der Waals surface area contributed by atoms with Gasteiger partial charge in [0, 0.05) is 18.8 Å². The van der Waals surface area contributed by atoms with E-state index in [1.807, 2.05) is 6.92 Å². The summed E-state index contributed by atoms with van der Waals surface area (Å²) in [6.07, 6.45) is 2.14. The third-order valence-electron chi connectivity index (χ3n) is 2.82. The van der Waals surface area contributed by atoms with Crippen molar-refractivity contribution in [2.24, 2.45) is 7.05 Å². The van der Waals surface area contributed by atoms with Gasteiger partial charge in [0.05, 0.1) is 11.1 Å². The summed E-state index contributed by atoms with van der Waals surface area (Å²) in [5.41, 5.74) is 6.82. The topological polar surface area (TPSA) is 90.0 Å². The summed E-state index contributed by atoms with van der Waals surface area (Å²) in [6.45, 7) is 1.90. The molecule has 0 unspecified atom stereocenters. The number of hydrogen-bond acceptors (Lipinski definition) is 4. The van der Waals surface area contributed by atoms with Crippen molar-refractivity contribution in [2.45, 2.75) is 18.2 Å². The average Bonchev–Trinajstić information content (AvgIpc) is 2.74. The molecule has 1 heterocycles. The lowest BCUT2D eigenvalue weighted by molar-refractivity contribution is 0.599. The van der Waals surface area contributed by atoms with Crippen LogP contribution in [-0.2, 0) is 23.5 Å². The molecule has 1 aromatic carbocycles. The smallest absolute Gasteiger partial charge is 0.263 e. The predicted molar refractivity (Wildman–Crippen MR) is 74.2 cm³/mol. The lowest BCUT2D eigenvalue weighted by Crippen LogP contribution is -2.17. The molecular weight excluding hydrogens is 264 g/mol. The zero-order valence-corrected chi connectivity index (χ0v) is 11.6. The SMILES string of the molecule is CCc1ccc(N)cc1S(=O)(=O)Nc1ccnn1C. The number of hydrogen-bond donors (Lipinski definition) is 2. The lowest BCUT2D eigenvalue weighted by Gasteiger charge is -2.12. The van der Waals surface area contributed by atoms with E-state index in [-0.39, 0.29) is 4.90 Å². The first-order valence-electron chi connectivity index (χ1n) is 5.83. The Labute approximate surface area is 112 Å². The van der Waals surface area contributed by atoms with Gasteiger partial charge in [0.25, 0.3) is 10.0 Å². The van der Waals surface area contributed by atoms with Crippen molar-refractivity contribution in [3.05, 3.63) is 36.0 Å². The first-order chi connectivity index (χ1) is 8.94. The Morgan fingerprint density at radius 3 is 2.68 bits per heavy atom. The fourth-order valence-corrected chi connectivity index (χ4v) is 3.21. The number of anilines is 2. The Bertz CT molecular complexity index is 692. The predicted octanol–water partition coefficient (Wildman–Crippen LogP) is 1.37. The van der Waals surface area contributed by atoms with E-state index in [1.54, 1.807) is 25.2 Å². The summed E-state index contributed by atoms with van der Waals surface area (Å²) < 4.78 is 28.7. The summed E-state index contributed by atoms with van der Waals surface area (Å²) in [5.74, 6) is 0.407. The van der Waals surface area contributed by atoms with Gasteiger partial charge in [0.1, 0.15) is 5.82 Å². The monoisotopic (exact) mass is 280 g/mol. The Hall–Kier alpha value is -2.02. The number of nitrogens with one attached hydrogen (secondary N) is 1. The highest BCUT2D eigenvalue weighted by Gasteiger charge is 2.19. The van der Waals surface area contributed by atoms with Gasteiger partial charge in [-0.3, -0.25) is 9.40 Å². The van der Waals surface area contributed by atoms with Crippen molar-refractivity contribution in [2.75, 3.05) is 10.5 Å². The molecule has 19 heavy (non-hydrogen) atoms. The molecule has 2 aromatic rings. The van der Waals surface area contributed by atoms with Crippen molar-refractivity contribution < 1.29 is 8.42 Å². The van der Waals surface area contributed by atoms with E-state index in [9.17, 15) is 8.42 Å². The molecule has 6 nitrogen and oxygen atoms in total. The van der Waals surface area contributed by atoms with E-state index in [4.69, 9.17) is 5.73 Å². The standard InChI is InChI=1S/C12H16N4O2S/c1-3-9-4-5-10(13)8-11(9)19(17,18)15-12-6-7-14-16(12)2/h4-8,15H,3,13H2,1-2H3. The number of aromatic nitrogens is 2. The maximum Gasteiger partial charge on any atom is 0.263 e. The molecule has 1 aromatic heterocycles. The van der Waals surface area contributed by atoms with Crippen LogP contribution in [-0.4, -0.2) is 18.2 Å². The van der Waals surface area contributed by atoms with Gasteiger partial charge in [0.15, 0.2) is 0 Å². The number of benzene rings is 1. The second kappa shape index (κ2) is 4.93. The Balaban J connectivity index is 2.45. The van der Waals surface area contributed by atoms with Crippen LogP contribution in [0.1, 0.15) is 12.5 Å². The van der Waals surface area contributed by atoms with Crippen molar-refractivity contribution in [1.82, 2.24) is 9.78 Å². The quantitative estimate of drug-likeness (QED) is 0.828. The van der Waals surface area contributed by atoms with E-state index < -0.39 is 10.0 Å². The van der Waals surface area contributed by atoms with Gasteiger partial charge in [-0.1, -0.05) is 13.0 Å². The highest BCUT2D eigenvalue weighted by molar-refractivity contribution is 7.92. The fraction of sp³-hybridized carbons (Fsp3) is 0.250. The molecule has 0 bridgehead atoms. The fourth-order valence-electron chi connectivity index (χ4n) is 1.78. The lowest BCUT2D eigenvalue weighted by atomic mass is 10.1. The number of nitrogens with zero attached hydrogens (tertiary/aromatic N) is 2. The number of rotatable bonds is 4. The molecular formula is C12H16N4O2S. The summed E-state index contributed by atoms with van der Waals surface area (Å²) in [4.78, 5) is 0.205. The average molecular weight is 280 g/mol. The van der Waals surface area contributed by atoms with Crippen LogP contribution < -0.4 is 10.5 Å². The molecule has 0 aliphatic heterocycles. The van der Waals surface area contributed by atoms with Crippen molar-refractivity contribution in [3.8, 4) is 0 Å². The maximum absolute atomic E-state index is 12.4. The minimum atomic E-state index is -3.66. The van der Waals surface area contributed by atoms with Crippen LogP contribution in [0.4, 0.5) is 11.5 Å². The van der Waals surface area contributed by atoms with Crippen molar-refractivity contribution in [3.63, 3.8) is 0 Å². The van der Waals surface area contributed by atoms with Crippen molar-refractivity contribution in [1.29, 1.82) is 0 Å². The van der Waals surface area contributed by atoms with Crippen LogP contribution in [0.5, 0.6) is 0 Å². The first-order valence-corrected chi connectivity index (χ1v) is 7.31. The molecule has 0 fully saturated rings. The van der Waals surface area contributed by atoms with Gasteiger partial charge in [-0.05, 0) is 24.1 Å². The van der Waals surface area contributed by atoms with Gasteiger partial charge in [-0.15, -0.1) is 0 Å². The van der Waals surface area contributed by atoms with E-state index >= 15 is 0 Å². The van der Waals surface area contributed by atoms with Gasteiger partial charge in [-0.2, -0.15) is 5.10 Å². The molecule has 0 radical (unpaired) electrons. The molecule has 0 saturated heterocycles. The van der Waals surface area contributed by atoms with E-state index in [0.717, 1.165) is 5.56 Å². The highest BCUT2D eigenvalue weighted by atomic mass is 32.2. The third kappa shape index (κ3) is 2.70. The first kappa shape index (κ1) is 13.4. The summed E-state index contributed by atoms with van der Waals surface area (Å²) in [7, 11) is -2.00. The number of sulfonamides is 1. The minimum Gasteiger partial charge on any atom is -0.399 e. The number of nitrogens with two attached hydrogens (primary N) is 1. The van der Waals surface area contributed by atoms with Crippen LogP contribution in [0.15, 0.2) is 35.4 Å². The Kier molecular flexibility index (Phi) is 3.48. The zero-order chi connectivity index (χ0) is 14.0. The molecule has 0 spiro atoms. The van der Waals surface area contributed by atoms with E-state index in [1.165, 1.54) is 16.9 Å². The molecule has 0 atom stereocenters. The molecule has 2 rings (SSSR count). The summed E-state index contributed by atoms with van der Waals surface area (Å²) >= 11 is 0. The van der Waals surface area contributed by atoms with E-state index in [0.29, 0.717) is 17.9 Å². The molecule has 3 N–H and O–H groups in total. The van der Waals surface area contributed by atoms with Gasteiger partial charge >= 0.3 is 0 Å². The minimum absolute atomic E-state index is 0.205. The molecule has 0 aliphatic carbocycles. The van der Waals surface area contributed by atoms with Crippen LogP contribution in [0.2, 0.25) is 0 Å². The number of aryl methyl sites for hydroxylation is 2. The van der Waals surface area contributed by atoms with Crippen LogP contribution >= 0.6 is 0 Å². The molecule has 0 saturated carbocycles. The molecule has 7 heteroatoms. The molecule has 0 aliphatic rings. The summed E-state index contributed by atoms with van der Waals surface area (Å²) in [5, 5.41) is 3.92. The zero-order valence-electron chi connectivity index (χ0n) is 10.8. The second-order valence-electron chi connectivity index (χ2n) is 4.17. The Morgan fingerprint density at radius 1 is 1.37 bits per heavy atom. The van der Waals surface area contributed by atoms with Crippen LogP contribution in [0.3, 0.4) is 0 Å².